The monoisotopic (exact) mass is 542 g/mol. The van der Waals surface area contributed by atoms with Gasteiger partial charge in [0.1, 0.15) is 20.0 Å². The van der Waals surface area contributed by atoms with Crippen LogP contribution in [0.3, 0.4) is 0 Å². The summed E-state index contributed by atoms with van der Waals surface area (Å²) in [5, 5.41) is 0. The normalized spacial score (nSPS) is 38.7. The van der Waals surface area contributed by atoms with Crippen molar-refractivity contribution in [2.45, 2.75) is 41.5 Å². The van der Waals surface area contributed by atoms with Crippen molar-refractivity contribution in [3.05, 3.63) is 48.6 Å². The van der Waals surface area contributed by atoms with Gasteiger partial charge in [-0.05, 0) is 94.6 Å². The third-order valence-corrected chi connectivity index (χ3v) is 10.7. The van der Waals surface area contributed by atoms with Gasteiger partial charge < -0.3 is 14.2 Å². The van der Waals surface area contributed by atoms with E-state index in [1.807, 2.05) is 0 Å². The Labute approximate surface area is 238 Å². The summed E-state index contributed by atoms with van der Waals surface area (Å²) in [6.45, 7) is 36.1. The van der Waals surface area contributed by atoms with Gasteiger partial charge >= 0.3 is 5.97 Å². The van der Waals surface area contributed by atoms with Crippen molar-refractivity contribution in [1.29, 1.82) is 0 Å². The summed E-state index contributed by atoms with van der Waals surface area (Å²) in [5.41, 5.74) is 5.48. The van der Waals surface area contributed by atoms with E-state index in [9.17, 15) is 4.79 Å². The highest BCUT2D eigenvalue weighted by Crippen LogP contribution is 2.71. The third kappa shape index (κ3) is 5.86. The SMILES string of the molecule is C=C1C(=C)C2C(C)C(C)C3C(=C)C(=C)C4C(C)C(C)C1C2C43.CCN(CC)COC.COCN1COC(=O)C1. The first-order valence-electron chi connectivity index (χ1n) is 14.8. The van der Waals surface area contributed by atoms with Gasteiger partial charge in [-0.2, -0.15) is 0 Å². The second-order valence-corrected chi connectivity index (χ2v) is 12.4. The van der Waals surface area contributed by atoms with Crippen LogP contribution < -0.4 is 0 Å². The Morgan fingerprint density at radius 2 is 1.15 bits per heavy atom. The third-order valence-electron chi connectivity index (χ3n) is 10.7. The molecule has 0 spiro atoms. The number of methoxy groups -OCH3 is 2. The van der Waals surface area contributed by atoms with Crippen LogP contribution in [0.25, 0.3) is 0 Å². The second kappa shape index (κ2) is 13.3. The molecule has 5 fully saturated rings. The number of hydrogen-bond donors (Lipinski definition) is 0. The fraction of sp³-hybridized carbons (Fsp3) is 0.727. The van der Waals surface area contributed by atoms with Crippen molar-refractivity contribution in [1.82, 2.24) is 9.80 Å². The largest absolute Gasteiger partial charge is 0.448 e. The van der Waals surface area contributed by atoms with Crippen molar-refractivity contribution < 1.29 is 19.0 Å². The van der Waals surface area contributed by atoms with Gasteiger partial charge in [0.15, 0.2) is 0 Å². The molecule has 5 aliphatic rings. The molecule has 8 unspecified atom stereocenters. The lowest BCUT2D eigenvalue weighted by Gasteiger charge is -2.54. The number of carbonyl (C=O) groups is 1. The molecule has 0 amide bonds. The quantitative estimate of drug-likeness (QED) is 0.310. The van der Waals surface area contributed by atoms with Gasteiger partial charge in [-0.25, -0.2) is 4.90 Å². The molecular formula is C33H54N2O4. The van der Waals surface area contributed by atoms with Crippen molar-refractivity contribution in [3.8, 4) is 0 Å². The molecule has 8 atom stereocenters. The molecule has 0 aromatic rings. The van der Waals surface area contributed by atoms with E-state index in [2.05, 4.69) is 77.5 Å². The fourth-order valence-corrected chi connectivity index (χ4v) is 8.46. The number of ether oxygens (including phenoxy) is 3. The van der Waals surface area contributed by atoms with Crippen LogP contribution in [0.15, 0.2) is 48.6 Å². The van der Waals surface area contributed by atoms with E-state index < -0.39 is 0 Å². The average molecular weight is 543 g/mol. The minimum atomic E-state index is -0.174. The molecule has 0 radical (unpaired) electrons. The van der Waals surface area contributed by atoms with E-state index in [0.29, 0.717) is 67.3 Å². The van der Waals surface area contributed by atoms with Gasteiger partial charge in [0, 0.05) is 14.2 Å². The molecule has 5 rings (SSSR count). The van der Waals surface area contributed by atoms with Gasteiger partial charge in [-0.15, -0.1) is 0 Å². The molecule has 0 N–H and O–H groups in total. The number of rotatable bonds is 6. The molecule has 1 saturated heterocycles. The summed E-state index contributed by atoms with van der Waals surface area (Å²) < 4.78 is 14.3. The molecule has 4 aliphatic carbocycles. The summed E-state index contributed by atoms with van der Waals surface area (Å²) >= 11 is 0. The summed E-state index contributed by atoms with van der Waals surface area (Å²) in [6.07, 6.45) is 0. The molecule has 6 nitrogen and oxygen atoms in total. The molecule has 4 saturated carbocycles. The highest BCUT2D eigenvalue weighted by molar-refractivity contribution is 5.73. The topological polar surface area (TPSA) is 51.2 Å². The number of cyclic esters (lactones) is 1. The summed E-state index contributed by atoms with van der Waals surface area (Å²) in [5.74, 6) is 6.62. The van der Waals surface area contributed by atoms with Crippen LogP contribution in [0.4, 0.5) is 0 Å². The highest BCUT2D eigenvalue weighted by Gasteiger charge is 2.65. The molecule has 1 heterocycles. The Hall–Kier alpha value is -1.73. The predicted octanol–water partition coefficient (Wildman–Crippen LogP) is 5.85. The standard InChI is InChI=1S/C22H30.C6H15NO.C5H9NO3/c1-9-10(2)18-15(7)16(8)20-12(4)11(3)19-14(6)13(5)17(9)21(18)22(19)20;1-4-7(5-2)6-8-3;1-8-3-6-2-5(7)9-4-6/h13-22H,1-4H2,5-8H3;4-6H2,1-3H3;2-4H2,1H3. The van der Waals surface area contributed by atoms with Gasteiger partial charge in [0.05, 0.1) is 6.73 Å². The second-order valence-electron chi connectivity index (χ2n) is 12.4. The van der Waals surface area contributed by atoms with Gasteiger partial charge in [-0.3, -0.25) is 9.69 Å². The zero-order valence-corrected chi connectivity index (χ0v) is 25.9. The number of allylic oxidation sites excluding steroid dienone is 4. The van der Waals surface area contributed by atoms with Crippen LogP contribution in [-0.4, -0.2) is 69.8 Å². The van der Waals surface area contributed by atoms with Crippen LogP contribution in [-0.2, 0) is 19.0 Å². The molecule has 0 aromatic carbocycles. The number of hydrogen-bond acceptors (Lipinski definition) is 6. The predicted molar refractivity (Wildman–Crippen MR) is 158 cm³/mol. The molecule has 1 aliphatic heterocycles. The smallest absolute Gasteiger partial charge is 0.321 e. The Morgan fingerprint density at radius 3 is 1.38 bits per heavy atom. The summed E-state index contributed by atoms with van der Waals surface area (Å²) in [4.78, 5) is 14.4. The van der Waals surface area contributed by atoms with Crippen LogP contribution in [0.1, 0.15) is 41.5 Å². The minimum Gasteiger partial charge on any atom is -0.448 e. The van der Waals surface area contributed by atoms with Crippen LogP contribution >= 0.6 is 0 Å². The molecule has 0 aromatic heterocycles. The van der Waals surface area contributed by atoms with Gasteiger partial charge in [0.2, 0.25) is 0 Å². The Kier molecular flexibility index (Phi) is 10.8. The maximum absolute atomic E-state index is 10.4. The first kappa shape index (κ1) is 31.8. The van der Waals surface area contributed by atoms with Crippen LogP contribution in [0, 0.1) is 59.2 Å². The van der Waals surface area contributed by atoms with E-state index in [1.54, 1.807) is 19.1 Å². The van der Waals surface area contributed by atoms with Gasteiger partial charge in [-0.1, -0.05) is 67.9 Å². The van der Waals surface area contributed by atoms with Crippen molar-refractivity contribution in [2.24, 2.45) is 59.2 Å². The van der Waals surface area contributed by atoms with Crippen LogP contribution in [0.5, 0.6) is 0 Å². The van der Waals surface area contributed by atoms with E-state index in [1.165, 1.54) is 22.3 Å². The summed E-state index contributed by atoms with van der Waals surface area (Å²) in [6, 6.07) is 0. The van der Waals surface area contributed by atoms with Crippen LogP contribution in [0.2, 0.25) is 0 Å². The highest BCUT2D eigenvalue weighted by atomic mass is 16.6. The fourth-order valence-electron chi connectivity index (χ4n) is 8.46. The lowest BCUT2D eigenvalue weighted by Crippen LogP contribution is -2.50. The van der Waals surface area contributed by atoms with E-state index in [-0.39, 0.29) is 5.97 Å². The van der Waals surface area contributed by atoms with Gasteiger partial charge in [0.25, 0.3) is 0 Å². The first-order valence-corrected chi connectivity index (χ1v) is 14.8. The molecular weight excluding hydrogens is 488 g/mol. The van der Waals surface area contributed by atoms with E-state index in [0.717, 1.165) is 31.7 Å². The van der Waals surface area contributed by atoms with E-state index >= 15 is 0 Å². The Morgan fingerprint density at radius 1 is 0.769 bits per heavy atom. The van der Waals surface area contributed by atoms with Crippen molar-refractivity contribution in [2.75, 3.05) is 54.0 Å². The van der Waals surface area contributed by atoms with Crippen molar-refractivity contribution >= 4 is 5.97 Å². The van der Waals surface area contributed by atoms with E-state index in [4.69, 9.17) is 9.47 Å². The Bertz CT molecular complexity index is 834. The number of carbonyl (C=O) groups excluding carboxylic acids is 1. The summed E-state index contributed by atoms with van der Waals surface area (Å²) in [7, 11) is 3.31. The minimum absolute atomic E-state index is 0.174. The maximum Gasteiger partial charge on any atom is 0.321 e. The first-order chi connectivity index (χ1) is 18.5. The Balaban J connectivity index is 0.000000205. The number of nitrogens with zero attached hydrogens (tertiary/aromatic N) is 2. The average Bonchev–Trinajstić information content (AvgIpc) is 3.53. The molecule has 6 heteroatoms. The van der Waals surface area contributed by atoms with Crippen molar-refractivity contribution in [3.63, 3.8) is 0 Å². The lowest BCUT2D eigenvalue weighted by molar-refractivity contribution is -0.136. The number of esters is 1. The lowest BCUT2D eigenvalue weighted by atomic mass is 9.50. The zero-order chi connectivity index (χ0) is 29.2. The maximum atomic E-state index is 10.4. The molecule has 39 heavy (non-hydrogen) atoms. The molecule has 0 bridgehead atoms. The molecule has 220 valence electrons. The zero-order valence-electron chi connectivity index (χ0n) is 25.9.